The van der Waals surface area contributed by atoms with Crippen LogP contribution in [-0.2, 0) is 0 Å². The van der Waals surface area contributed by atoms with Crippen LogP contribution < -0.4 is 0 Å². The first kappa shape index (κ1) is 14.1. The molecule has 1 atom stereocenters. The third kappa shape index (κ3) is 10.1. The van der Waals surface area contributed by atoms with Gasteiger partial charge in [-0.1, -0.05) is 0 Å². The van der Waals surface area contributed by atoms with E-state index in [1.165, 1.54) is 19.3 Å². The molecule has 0 heterocycles. The zero-order valence-corrected chi connectivity index (χ0v) is 15.1. The van der Waals surface area contributed by atoms with Crippen LogP contribution in [0, 0.1) is 0 Å². The van der Waals surface area contributed by atoms with Gasteiger partial charge in [0.15, 0.2) is 0 Å². The molecule has 68 valence electrons. The van der Waals surface area contributed by atoms with E-state index in [-0.39, 0.29) is 0.990 Å². The molecule has 0 amide bonds. The van der Waals surface area contributed by atoms with Gasteiger partial charge in [-0.25, -0.2) is 0 Å². The van der Waals surface area contributed by atoms with Crippen molar-refractivity contribution in [3.05, 3.63) is 12.2 Å². The Balaban J connectivity index is 3.68. The fraction of sp³-hybridized carbons (Fsp3) is 0.750. The second-order valence-corrected chi connectivity index (χ2v) is 15.0. The second-order valence-electron chi connectivity index (χ2n) is 2.69. The van der Waals surface area contributed by atoms with E-state index < -0.39 is 0 Å². The van der Waals surface area contributed by atoms with Crippen molar-refractivity contribution in [3.63, 3.8) is 0 Å². The van der Waals surface area contributed by atoms with Crippen LogP contribution in [0.1, 0.15) is 26.2 Å². The summed E-state index contributed by atoms with van der Waals surface area (Å²) in [6.45, 7) is 2.22. The summed E-state index contributed by atoms with van der Waals surface area (Å²) in [6, 6.07) is 0. The molecule has 0 fully saturated rings. The van der Waals surface area contributed by atoms with Crippen molar-refractivity contribution in [1.29, 1.82) is 0 Å². The summed E-state index contributed by atoms with van der Waals surface area (Å²) in [6.07, 6.45) is 8.17. The van der Waals surface area contributed by atoms with Gasteiger partial charge in [0.05, 0.1) is 0 Å². The molecule has 0 rings (SSSR count). The van der Waals surface area contributed by atoms with E-state index in [1.54, 1.807) is 0 Å². The maximum atomic E-state index is 3.62. The predicted octanol–water partition coefficient (Wildman–Crippen LogP) is 4.11. The van der Waals surface area contributed by atoms with Gasteiger partial charge in [-0.2, -0.15) is 0 Å². The van der Waals surface area contributed by atoms with Crippen LogP contribution in [0.5, 0.6) is 0 Å². The second kappa shape index (κ2) is 7.36. The first-order chi connectivity index (χ1) is 5.45. The normalized spacial score (nSPS) is 15.3. The molecule has 4 heteroatoms. The fourth-order valence-corrected chi connectivity index (χ4v) is 1.83. The topological polar surface area (TPSA) is 0 Å². The van der Waals surface area contributed by atoms with Crippen LogP contribution in [0.3, 0.4) is 0 Å². The van der Waals surface area contributed by atoms with E-state index in [1.807, 2.05) is 0 Å². The monoisotopic (exact) mass is 460 g/mol. The number of rotatable bonds is 5. The van der Waals surface area contributed by atoms with Gasteiger partial charge in [-0.3, -0.25) is 0 Å². The predicted molar refractivity (Wildman–Crippen MR) is 67.7 cm³/mol. The van der Waals surface area contributed by atoms with E-state index in [2.05, 4.69) is 66.9 Å². The Hall–Kier alpha value is 2.05. The summed E-state index contributed by atoms with van der Waals surface area (Å²) in [5.41, 5.74) is 0. The molecular formula is C8H12Br3In. The van der Waals surface area contributed by atoms with Gasteiger partial charge in [-0.15, -0.1) is 0 Å². The zero-order chi connectivity index (χ0) is 9.61. The number of halogens is 3. The average Bonchev–Trinajstić information content (AvgIpc) is 1.95. The Kier molecular flexibility index (Phi) is 8.61. The third-order valence-corrected chi connectivity index (χ3v) is 3.20. The van der Waals surface area contributed by atoms with E-state index >= 15 is 0 Å². The fourth-order valence-electron chi connectivity index (χ4n) is 0.728. The Morgan fingerprint density at radius 3 is 2.50 bits per heavy atom. The molecule has 0 aliphatic carbocycles. The summed E-state index contributed by atoms with van der Waals surface area (Å²) < 4.78 is 0.0727. The van der Waals surface area contributed by atoms with Crippen molar-refractivity contribution in [1.82, 2.24) is 0 Å². The van der Waals surface area contributed by atoms with E-state index in [0.29, 0.717) is 4.83 Å². The van der Waals surface area contributed by atoms with Gasteiger partial charge >= 0.3 is 116 Å². The molecule has 2 radical (unpaired) electrons. The number of alkyl halides is 3. The minimum atomic E-state index is 0.0727. The molecule has 0 aromatic heterocycles. The molecule has 0 bridgehead atoms. The molecule has 12 heavy (non-hydrogen) atoms. The van der Waals surface area contributed by atoms with Crippen molar-refractivity contribution < 1.29 is 0 Å². The molecule has 1 unspecified atom stereocenters. The van der Waals surface area contributed by atoms with Crippen molar-refractivity contribution in [3.8, 4) is 0 Å². The summed E-state index contributed by atoms with van der Waals surface area (Å²) in [5, 5.41) is 0. The Bertz CT molecular complexity index is 140. The van der Waals surface area contributed by atoms with Crippen LogP contribution in [0.25, 0.3) is 0 Å². The molecule has 0 nitrogen and oxygen atoms in total. The van der Waals surface area contributed by atoms with Crippen LogP contribution in [-0.4, -0.2) is 30.2 Å². The van der Waals surface area contributed by atoms with Crippen LogP contribution in [0.4, 0.5) is 0 Å². The molecule has 0 aromatic carbocycles. The minimum absolute atomic E-state index is 0.0727. The van der Waals surface area contributed by atoms with Gasteiger partial charge in [0.1, 0.15) is 0 Å². The van der Waals surface area contributed by atoms with Crippen molar-refractivity contribution in [2.45, 2.75) is 32.0 Å². The van der Waals surface area contributed by atoms with Crippen LogP contribution >= 0.6 is 47.8 Å². The number of hydrogen-bond donors (Lipinski definition) is 0. The molecule has 0 spiro atoms. The summed E-state index contributed by atoms with van der Waals surface area (Å²) in [4.78, 5) is 0.527. The van der Waals surface area contributed by atoms with Crippen molar-refractivity contribution >= 4 is 72.2 Å². The maximum absolute atomic E-state index is 3.62. The average molecular weight is 463 g/mol. The molecule has 0 saturated heterocycles. The molecule has 0 aromatic rings. The molecule has 0 N–H and O–H groups in total. The molecule has 0 aliphatic heterocycles. The number of allylic oxidation sites excluding steroid dienone is 2. The van der Waals surface area contributed by atoms with Gasteiger partial charge in [0.25, 0.3) is 0 Å². The van der Waals surface area contributed by atoms with Crippen molar-refractivity contribution in [2.24, 2.45) is 0 Å². The van der Waals surface area contributed by atoms with Crippen molar-refractivity contribution in [2.75, 3.05) is 0 Å². The van der Waals surface area contributed by atoms with E-state index in [0.717, 1.165) is 24.4 Å². The van der Waals surface area contributed by atoms with Gasteiger partial charge in [0.2, 0.25) is 0 Å². The van der Waals surface area contributed by atoms with E-state index in [9.17, 15) is 0 Å². The van der Waals surface area contributed by atoms with Gasteiger partial charge in [0, 0.05) is 0 Å². The third-order valence-electron chi connectivity index (χ3n) is 1.36. The number of hydrogen-bond acceptors (Lipinski definition) is 0. The number of unbranched alkanes of at least 4 members (excludes halogenated alkanes) is 1. The van der Waals surface area contributed by atoms with Crippen LogP contribution in [0.15, 0.2) is 12.2 Å². The molecular weight excluding hydrogens is 451 g/mol. The standard InChI is InChI=1S/C8H12Br3.In/c1-2-3-4-7(9)5-6-8(10)11;/h5-7H,2-4H2,1H3;. The van der Waals surface area contributed by atoms with Gasteiger partial charge in [-0.05, 0) is 0 Å². The Morgan fingerprint density at radius 1 is 1.50 bits per heavy atom. The summed E-state index contributed by atoms with van der Waals surface area (Å²) in [7, 11) is 0. The van der Waals surface area contributed by atoms with E-state index in [4.69, 9.17) is 0 Å². The Labute approximate surface area is 115 Å². The van der Waals surface area contributed by atoms with Crippen LogP contribution in [0.2, 0.25) is 0 Å². The first-order valence-corrected chi connectivity index (χ1v) is 8.11. The molecule has 0 saturated carbocycles. The quantitative estimate of drug-likeness (QED) is 0.426. The summed E-state index contributed by atoms with van der Waals surface area (Å²) in [5.74, 6) is 0. The Morgan fingerprint density at radius 2 is 2.08 bits per heavy atom. The SMILES string of the molecule is CCCCC(Br)C=C[C](Br)(Br)[In]. The van der Waals surface area contributed by atoms with Gasteiger partial charge < -0.3 is 0 Å². The summed E-state index contributed by atoms with van der Waals surface area (Å²) >= 11 is 11.8. The zero-order valence-electron chi connectivity index (χ0n) is 7.06. The molecule has 0 aliphatic rings. The first-order valence-electron chi connectivity index (χ1n) is 3.96.